The third-order valence-electron chi connectivity index (χ3n) is 5.09. The summed E-state index contributed by atoms with van der Waals surface area (Å²) in [7, 11) is 0. The minimum absolute atomic E-state index is 0.300. The molecule has 1 unspecified atom stereocenters. The lowest BCUT2D eigenvalue weighted by atomic mass is 9.86. The summed E-state index contributed by atoms with van der Waals surface area (Å²) in [6.07, 6.45) is 8.89. The Labute approximate surface area is 130 Å². The van der Waals surface area contributed by atoms with Gasteiger partial charge in [0.2, 0.25) is 0 Å². The second-order valence-corrected chi connectivity index (χ2v) is 6.55. The summed E-state index contributed by atoms with van der Waals surface area (Å²) in [6, 6.07) is 2.92. The van der Waals surface area contributed by atoms with E-state index in [0.29, 0.717) is 11.6 Å². The zero-order valence-corrected chi connectivity index (χ0v) is 14.2. The van der Waals surface area contributed by atoms with Crippen LogP contribution < -0.4 is 5.32 Å². The number of piperazine rings is 1. The van der Waals surface area contributed by atoms with Crippen LogP contribution in [-0.2, 0) is 6.54 Å². The lowest BCUT2D eigenvalue weighted by Gasteiger charge is -2.50. The average molecular weight is 289 g/mol. The highest BCUT2D eigenvalue weighted by Gasteiger charge is 2.38. The number of aryl methyl sites for hydroxylation is 1. The molecule has 0 bridgehead atoms. The van der Waals surface area contributed by atoms with Crippen LogP contribution in [0.1, 0.15) is 57.6 Å². The lowest BCUT2D eigenvalue weighted by molar-refractivity contribution is 0.0227. The molecule has 1 aromatic rings. The first kappa shape index (κ1) is 16.4. The molecule has 3 nitrogen and oxygen atoms in total. The molecule has 1 atom stereocenters. The summed E-state index contributed by atoms with van der Waals surface area (Å²) >= 11 is 0. The second kappa shape index (κ2) is 7.37. The van der Waals surface area contributed by atoms with Crippen molar-refractivity contribution in [3.05, 3.63) is 29.6 Å². The van der Waals surface area contributed by atoms with E-state index in [9.17, 15) is 0 Å². The van der Waals surface area contributed by atoms with Gasteiger partial charge in [-0.2, -0.15) is 0 Å². The molecule has 0 radical (unpaired) electrons. The third kappa shape index (κ3) is 3.83. The fourth-order valence-corrected chi connectivity index (χ4v) is 3.62. The van der Waals surface area contributed by atoms with Crippen LogP contribution in [-0.4, -0.2) is 34.6 Å². The van der Waals surface area contributed by atoms with E-state index in [-0.39, 0.29) is 0 Å². The molecule has 1 aliphatic heterocycles. The highest BCUT2D eigenvalue weighted by Crippen LogP contribution is 2.29. The van der Waals surface area contributed by atoms with Crippen LogP contribution in [0.3, 0.4) is 0 Å². The fraction of sp³-hybridized carbons (Fsp3) is 0.722. The van der Waals surface area contributed by atoms with Crippen molar-refractivity contribution in [2.75, 3.05) is 13.1 Å². The Morgan fingerprint density at radius 2 is 2.05 bits per heavy atom. The second-order valence-electron chi connectivity index (χ2n) is 6.55. The topological polar surface area (TPSA) is 28.2 Å². The van der Waals surface area contributed by atoms with E-state index in [1.807, 2.05) is 12.4 Å². The number of pyridine rings is 1. The largest absolute Gasteiger partial charge is 0.311 e. The Bertz CT molecular complexity index is 440. The highest BCUT2D eigenvalue weighted by molar-refractivity contribution is 5.17. The van der Waals surface area contributed by atoms with Gasteiger partial charge in [0.05, 0.1) is 0 Å². The van der Waals surface area contributed by atoms with E-state index in [2.05, 4.69) is 49.0 Å². The van der Waals surface area contributed by atoms with Crippen LogP contribution in [0.25, 0.3) is 0 Å². The summed E-state index contributed by atoms with van der Waals surface area (Å²) < 4.78 is 0. The van der Waals surface area contributed by atoms with Crippen molar-refractivity contribution in [2.45, 2.75) is 71.5 Å². The van der Waals surface area contributed by atoms with Crippen molar-refractivity contribution in [1.29, 1.82) is 0 Å². The summed E-state index contributed by atoms with van der Waals surface area (Å²) in [5.74, 6) is 0. The molecule has 0 aromatic carbocycles. The Balaban J connectivity index is 2.16. The summed E-state index contributed by atoms with van der Waals surface area (Å²) in [6.45, 7) is 12.4. The van der Waals surface area contributed by atoms with Crippen LogP contribution in [0.5, 0.6) is 0 Å². The van der Waals surface area contributed by atoms with Crippen molar-refractivity contribution >= 4 is 0 Å². The standard InChI is InChI=1S/C18H31N3/c1-5-8-17-13-21(18(6-2,7-3)14-20-17)12-16-9-15(4)10-19-11-16/h9-11,17,20H,5-8,12-14H2,1-4H3. The van der Waals surface area contributed by atoms with Gasteiger partial charge in [0.25, 0.3) is 0 Å². The molecule has 1 aliphatic rings. The molecule has 0 spiro atoms. The third-order valence-corrected chi connectivity index (χ3v) is 5.09. The maximum Gasteiger partial charge on any atom is 0.0333 e. The van der Waals surface area contributed by atoms with E-state index < -0.39 is 0 Å². The monoisotopic (exact) mass is 289 g/mol. The number of nitrogens with zero attached hydrogens (tertiary/aromatic N) is 2. The molecule has 0 amide bonds. The minimum Gasteiger partial charge on any atom is -0.311 e. The quantitative estimate of drug-likeness (QED) is 0.868. The van der Waals surface area contributed by atoms with Crippen molar-refractivity contribution in [1.82, 2.24) is 15.2 Å². The average Bonchev–Trinajstić information content (AvgIpc) is 2.49. The molecule has 21 heavy (non-hydrogen) atoms. The van der Waals surface area contributed by atoms with Crippen molar-refractivity contribution < 1.29 is 0 Å². The number of aromatic nitrogens is 1. The van der Waals surface area contributed by atoms with Crippen LogP contribution in [0.2, 0.25) is 0 Å². The highest BCUT2D eigenvalue weighted by atomic mass is 15.3. The summed E-state index contributed by atoms with van der Waals surface area (Å²) in [5.41, 5.74) is 2.90. The molecule has 1 aromatic heterocycles. The van der Waals surface area contributed by atoms with Crippen molar-refractivity contribution in [3.8, 4) is 0 Å². The normalized spacial score (nSPS) is 22.4. The Kier molecular flexibility index (Phi) is 5.77. The fourth-order valence-electron chi connectivity index (χ4n) is 3.62. The van der Waals surface area contributed by atoms with Crippen molar-refractivity contribution in [2.24, 2.45) is 0 Å². The maximum atomic E-state index is 4.36. The van der Waals surface area contributed by atoms with Gasteiger partial charge < -0.3 is 5.32 Å². The van der Waals surface area contributed by atoms with Gasteiger partial charge in [-0.15, -0.1) is 0 Å². The van der Waals surface area contributed by atoms with Crippen LogP contribution in [0, 0.1) is 6.92 Å². The summed E-state index contributed by atoms with van der Waals surface area (Å²) in [4.78, 5) is 7.07. The van der Waals surface area contributed by atoms with Gasteiger partial charge in [-0.3, -0.25) is 9.88 Å². The SMILES string of the molecule is CCCC1CN(Cc2cncc(C)c2)C(CC)(CC)CN1. The van der Waals surface area contributed by atoms with Crippen molar-refractivity contribution in [3.63, 3.8) is 0 Å². The molecule has 2 rings (SSSR count). The molecule has 1 saturated heterocycles. The number of rotatable bonds is 6. The molecular formula is C18H31N3. The van der Waals surface area contributed by atoms with Crippen LogP contribution in [0.4, 0.5) is 0 Å². The minimum atomic E-state index is 0.300. The van der Waals surface area contributed by atoms with E-state index in [1.54, 1.807) is 0 Å². The van der Waals surface area contributed by atoms with Crippen LogP contribution in [0.15, 0.2) is 18.5 Å². The maximum absolute atomic E-state index is 4.36. The Morgan fingerprint density at radius 3 is 2.67 bits per heavy atom. The predicted molar refractivity (Wildman–Crippen MR) is 89.4 cm³/mol. The van der Waals surface area contributed by atoms with Gasteiger partial charge in [-0.1, -0.05) is 33.3 Å². The van der Waals surface area contributed by atoms with Gasteiger partial charge in [0.15, 0.2) is 0 Å². The Hall–Kier alpha value is -0.930. The van der Waals surface area contributed by atoms with Gasteiger partial charge in [0, 0.05) is 43.6 Å². The molecular weight excluding hydrogens is 258 g/mol. The molecule has 1 fully saturated rings. The number of hydrogen-bond acceptors (Lipinski definition) is 3. The summed E-state index contributed by atoms with van der Waals surface area (Å²) in [5, 5.41) is 3.78. The number of hydrogen-bond donors (Lipinski definition) is 1. The van der Waals surface area contributed by atoms with Gasteiger partial charge in [-0.05, 0) is 37.3 Å². The van der Waals surface area contributed by atoms with E-state index >= 15 is 0 Å². The molecule has 0 saturated carbocycles. The number of nitrogens with one attached hydrogen (secondary N) is 1. The first-order chi connectivity index (χ1) is 10.1. The van der Waals surface area contributed by atoms with Crippen LogP contribution >= 0.6 is 0 Å². The molecule has 118 valence electrons. The molecule has 2 heterocycles. The molecule has 3 heteroatoms. The predicted octanol–water partition coefficient (Wildman–Crippen LogP) is 3.52. The van der Waals surface area contributed by atoms with Gasteiger partial charge in [-0.25, -0.2) is 0 Å². The first-order valence-corrected chi connectivity index (χ1v) is 8.52. The van der Waals surface area contributed by atoms with E-state index in [4.69, 9.17) is 0 Å². The lowest BCUT2D eigenvalue weighted by Crippen LogP contribution is -2.63. The first-order valence-electron chi connectivity index (χ1n) is 8.52. The van der Waals surface area contributed by atoms with Gasteiger partial charge in [0.1, 0.15) is 0 Å². The Morgan fingerprint density at radius 1 is 1.29 bits per heavy atom. The zero-order chi connectivity index (χ0) is 15.3. The van der Waals surface area contributed by atoms with Gasteiger partial charge >= 0.3 is 0 Å². The van der Waals surface area contributed by atoms with E-state index in [0.717, 1.165) is 19.6 Å². The smallest absolute Gasteiger partial charge is 0.0333 e. The molecule has 0 aliphatic carbocycles. The zero-order valence-electron chi connectivity index (χ0n) is 14.2. The molecule has 1 N–H and O–H groups in total. The van der Waals surface area contributed by atoms with E-state index in [1.165, 1.54) is 36.8 Å².